The number of nitro groups is 1. The number of aromatic nitrogens is 1. The maximum atomic E-state index is 11.1. The highest BCUT2D eigenvalue weighted by molar-refractivity contribution is 7.98. The lowest BCUT2D eigenvalue weighted by Gasteiger charge is -2.06. The molecule has 0 aliphatic carbocycles. The Hall–Kier alpha value is -1.79. The number of nitrogen functional groups attached to an aromatic ring is 1. The Kier molecular flexibility index (Phi) is 4.46. The third-order valence-electron chi connectivity index (χ3n) is 2.83. The van der Waals surface area contributed by atoms with Crippen LogP contribution < -0.4 is 5.73 Å². The molecule has 0 fully saturated rings. The van der Waals surface area contributed by atoms with Gasteiger partial charge in [0.15, 0.2) is 0 Å². The average molecular weight is 310 g/mol. The molecule has 0 aliphatic heterocycles. The molecule has 2 rings (SSSR count). The van der Waals surface area contributed by atoms with Crippen LogP contribution in [0.4, 0.5) is 11.4 Å². The molecule has 2 N–H and O–H groups in total. The molecule has 0 radical (unpaired) electrons. The SMILES string of the molecule is CSc1ccc(Cc2ncc(Cl)c(N)c2[N+](=O)[O-])cc1. The van der Waals surface area contributed by atoms with Crippen molar-refractivity contribution in [3.8, 4) is 0 Å². The summed E-state index contributed by atoms with van der Waals surface area (Å²) in [6.07, 6.45) is 3.67. The van der Waals surface area contributed by atoms with Gasteiger partial charge in [-0.1, -0.05) is 23.7 Å². The van der Waals surface area contributed by atoms with Gasteiger partial charge in [-0.2, -0.15) is 0 Å². The van der Waals surface area contributed by atoms with Crippen LogP contribution in [0.2, 0.25) is 5.02 Å². The molecule has 0 atom stereocenters. The summed E-state index contributed by atoms with van der Waals surface area (Å²) < 4.78 is 0. The molecule has 1 aromatic heterocycles. The van der Waals surface area contributed by atoms with Crippen molar-refractivity contribution in [2.75, 3.05) is 12.0 Å². The van der Waals surface area contributed by atoms with Gasteiger partial charge in [-0.25, -0.2) is 0 Å². The standard InChI is InChI=1S/C13H12ClN3O2S/c1-20-9-4-2-8(3-5-9)6-11-13(17(18)19)12(15)10(14)7-16-11/h2-5,7H,6H2,1H3,(H2,15,16). The molecule has 0 saturated carbocycles. The van der Waals surface area contributed by atoms with Crippen LogP contribution in [0.15, 0.2) is 35.4 Å². The summed E-state index contributed by atoms with van der Waals surface area (Å²) in [6.45, 7) is 0. The third-order valence-corrected chi connectivity index (χ3v) is 3.88. The largest absolute Gasteiger partial charge is 0.392 e. The van der Waals surface area contributed by atoms with Crippen LogP contribution in [-0.4, -0.2) is 16.2 Å². The molecule has 1 heterocycles. The molecular weight excluding hydrogens is 298 g/mol. The van der Waals surface area contributed by atoms with E-state index < -0.39 is 4.92 Å². The van der Waals surface area contributed by atoms with Crippen LogP contribution >= 0.6 is 23.4 Å². The van der Waals surface area contributed by atoms with Gasteiger partial charge >= 0.3 is 5.69 Å². The number of benzene rings is 1. The minimum Gasteiger partial charge on any atom is -0.392 e. The van der Waals surface area contributed by atoms with Gasteiger partial charge in [0.25, 0.3) is 0 Å². The second kappa shape index (κ2) is 6.11. The average Bonchev–Trinajstić information content (AvgIpc) is 2.43. The minimum absolute atomic E-state index is 0.0394. The molecule has 1 aromatic carbocycles. The van der Waals surface area contributed by atoms with Crippen LogP contribution in [0.1, 0.15) is 11.3 Å². The van der Waals surface area contributed by atoms with E-state index in [1.807, 2.05) is 30.5 Å². The second-order valence-corrected chi connectivity index (χ2v) is 5.38. The maximum absolute atomic E-state index is 11.1. The molecule has 0 amide bonds. The Balaban J connectivity index is 2.37. The number of pyridine rings is 1. The van der Waals surface area contributed by atoms with Gasteiger partial charge in [-0.15, -0.1) is 11.8 Å². The highest BCUT2D eigenvalue weighted by Crippen LogP contribution is 2.32. The summed E-state index contributed by atoms with van der Waals surface area (Å²) >= 11 is 7.41. The van der Waals surface area contributed by atoms with Crippen LogP contribution in [0.3, 0.4) is 0 Å². The van der Waals surface area contributed by atoms with Crippen molar-refractivity contribution in [1.82, 2.24) is 4.98 Å². The lowest BCUT2D eigenvalue weighted by atomic mass is 10.1. The summed E-state index contributed by atoms with van der Waals surface area (Å²) in [7, 11) is 0. The zero-order valence-electron chi connectivity index (χ0n) is 10.7. The molecule has 7 heteroatoms. The van der Waals surface area contributed by atoms with E-state index in [1.165, 1.54) is 6.20 Å². The zero-order chi connectivity index (χ0) is 14.7. The Morgan fingerprint density at radius 3 is 2.60 bits per heavy atom. The highest BCUT2D eigenvalue weighted by Gasteiger charge is 2.22. The third kappa shape index (κ3) is 3.02. The number of rotatable bonds is 4. The van der Waals surface area contributed by atoms with Gasteiger partial charge in [0.05, 0.1) is 9.95 Å². The Bertz CT molecular complexity index is 647. The van der Waals surface area contributed by atoms with Gasteiger partial charge in [-0.3, -0.25) is 15.1 Å². The Labute approximate surface area is 125 Å². The first-order valence-corrected chi connectivity index (χ1v) is 7.33. The summed E-state index contributed by atoms with van der Waals surface area (Å²) in [5, 5.41) is 11.2. The monoisotopic (exact) mass is 309 g/mol. The molecule has 20 heavy (non-hydrogen) atoms. The quantitative estimate of drug-likeness (QED) is 0.530. The Morgan fingerprint density at radius 1 is 1.40 bits per heavy atom. The molecular formula is C13H12ClN3O2S. The number of nitrogens with zero attached hydrogens (tertiary/aromatic N) is 2. The number of anilines is 1. The van der Waals surface area contributed by atoms with Crippen LogP contribution in [-0.2, 0) is 6.42 Å². The fraction of sp³-hybridized carbons (Fsp3) is 0.154. The lowest BCUT2D eigenvalue weighted by Crippen LogP contribution is -2.04. The first kappa shape index (κ1) is 14.6. The van der Waals surface area contributed by atoms with Gasteiger partial charge < -0.3 is 5.73 Å². The predicted octanol–water partition coefficient (Wildman–Crippen LogP) is 3.54. The number of hydrogen-bond donors (Lipinski definition) is 1. The predicted molar refractivity (Wildman–Crippen MR) is 81.3 cm³/mol. The van der Waals surface area contributed by atoms with E-state index in [-0.39, 0.29) is 16.4 Å². The smallest absolute Gasteiger partial charge is 0.315 e. The normalized spacial score (nSPS) is 10.5. The number of hydrogen-bond acceptors (Lipinski definition) is 5. The van der Waals surface area contributed by atoms with Gasteiger partial charge in [0.2, 0.25) is 0 Å². The topological polar surface area (TPSA) is 82.0 Å². The summed E-state index contributed by atoms with van der Waals surface area (Å²) in [6, 6.07) is 7.76. The number of halogens is 1. The molecule has 0 aliphatic rings. The van der Waals surface area contributed by atoms with Crippen LogP contribution in [0, 0.1) is 10.1 Å². The van der Waals surface area contributed by atoms with Crippen molar-refractivity contribution in [3.63, 3.8) is 0 Å². The van der Waals surface area contributed by atoms with E-state index in [2.05, 4.69) is 4.98 Å². The van der Waals surface area contributed by atoms with Gasteiger partial charge in [-0.05, 0) is 24.0 Å². The fourth-order valence-corrected chi connectivity index (χ4v) is 2.35. The van der Waals surface area contributed by atoms with Gasteiger partial charge in [0, 0.05) is 17.5 Å². The van der Waals surface area contributed by atoms with E-state index in [4.69, 9.17) is 17.3 Å². The van der Waals surface area contributed by atoms with Crippen LogP contribution in [0.25, 0.3) is 0 Å². The first-order valence-electron chi connectivity index (χ1n) is 5.73. The highest BCUT2D eigenvalue weighted by atomic mass is 35.5. The van der Waals surface area contributed by atoms with Crippen LogP contribution in [0.5, 0.6) is 0 Å². The maximum Gasteiger partial charge on any atom is 0.315 e. The zero-order valence-corrected chi connectivity index (χ0v) is 12.2. The number of nitrogens with two attached hydrogens (primary N) is 1. The second-order valence-electron chi connectivity index (χ2n) is 4.10. The van der Waals surface area contributed by atoms with Crippen molar-refractivity contribution < 1.29 is 4.92 Å². The van der Waals surface area contributed by atoms with Crippen molar-refractivity contribution in [2.24, 2.45) is 0 Å². The molecule has 0 saturated heterocycles. The Morgan fingerprint density at radius 2 is 2.05 bits per heavy atom. The van der Waals surface area contributed by atoms with E-state index in [9.17, 15) is 10.1 Å². The molecule has 0 bridgehead atoms. The molecule has 0 spiro atoms. The summed E-state index contributed by atoms with van der Waals surface area (Å²) in [5.41, 5.74) is 6.66. The van der Waals surface area contributed by atoms with Crippen molar-refractivity contribution in [1.29, 1.82) is 0 Å². The van der Waals surface area contributed by atoms with E-state index >= 15 is 0 Å². The van der Waals surface area contributed by atoms with Crippen molar-refractivity contribution in [2.45, 2.75) is 11.3 Å². The molecule has 5 nitrogen and oxygen atoms in total. The van der Waals surface area contributed by atoms with E-state index in [0.29, 0.717) is 12.1 Å². The van der Waals surface area contributed by atoms with Crippen molar-refractivity contribution in [3.05, 3.63) is 56.9 Å². The lowest BCUT2D eigenvalue weighted by molar-refractivity contribution is -0.384. The minimum atomic E-state index is -0.542. The molecule has 0 unspecified atom stereocenters. The summed E-state index contributed by atoms with van der Waals surface area (Å²) in [5.74, 6) is 0. The van der Waals surface area contributed by atoms with E-state index in [1.54, 1.807) is 11.8 Å². The number of thioether (sulfide) groups is 1. The summed E-state index contributed by atoms with van der Waals surface area (Å²) in [4.78, 5) is 15.7. The molecule has 2 aromatic rings. The molecule has 104 valence electrons. The first-order chi connectivity index (χ1) is 9.52. The van der Waals surface area contributed by atoms with E-state index in [0.717, 1.165) is 10.5 Å². The fourth-order valence-electron chi connectivity index (χ4n) is 1.80. The van der Waals surface area contributed by atoms with Crippen molar-refractivity contribution >= 4 is 34.7 Å². The van der Waals surface area contributed by atoms with Gasteiger partial charge in [0.1, 0.15) is 11.4 Å².